The van der Waals surface area contributed by atoms with E-state index < -0.39 is 6.10 Å². The van der Waals surface area contributed by atoms with Crippen LogP contribution in [-0.2, 0) is 0 Å². The Morgan fingerprint density at radius 3 is 2.86 bits per heavy atom. The second kappa shape index (κ2) is 7.11. The molecule has 0 amide bonds. The number of aliphatic hydroxyl groups excluding tert-OH is 1. The molecule has 8 heteroatoms. The quantitative estimate of drug-likeness (QED) is 0.326. The molecule has 7 nitrogen and oxygen atoms in total. The number of aryl methyl sites for hydroxylation is 1. The smallest absolute Gasteiger partial charge is 0.258 e. The number of H-pyrrole nitrogens is 1. The molecule has 3 N–H and O–H groups in total. The molecule has 0 aliphatic heterocycles. The number of hydrogen-bond donors (Lipinski definition) is 3. The van der Waals surface area contributed by atoms with Crippen LogP contribution in [0.3, 0.4) is 0 Å². The average Bonchev–Trinajstić information content (AvgIpc) is 3.05. The van der Waals surface area contributed by atoms with Crippen LogP contribution in [0, 0.1) is 18.8 Å². The molecule has 0 bridgehead atoms. The van der Waals surface area contributed by atoms with Crippen molar-refractivity contribution in [3.63, 3.8) is 0 Å². The van der Waals surface area contributed by atoms with E-state index in [9.17, 15) is 9.90 Å². The molecule has 0 spiro atoms. The van der Waals surface area contributed by atoms with Crippen molar-refractivity contribution in [1.82, 2.24) is 15.1 Å². The Kier molecular flexibility index (Phi) is 4.63. The van der Waals surface area contributed by atoms with Gasteiger partial charge in [0.1, 0.15) is 17.7 Å². The number of rotatable bonds is 2. The monoisotopic (exact) mass is 438 g/mol. The molecular formula is C20H15BrN4O3. The molecule has 0 fully saturated rings. The summed E-state index contributed by atoms with van der Waals surface area (Å²) in [6.45, 7) is 3.37. The lowest BCUT2D eigenvalue weighted by molar-refractivity contribution is 0.253. The third kappa shape index (κ3) is 3.38. The minimum absolute atomic E-state index is 0.267. The maximum Gasteiger partial charge on any atom is 0.258 e. The number of aromatic amines is 1. The summed E-state index contributed by atoms with van der Waals surface area (Å²) in [5.74, 6) is 7.27. The van der Waals surface area contributed by atoms with Crippen LogP contribution < -0.4 is 10.9 Å². The maximum atomic E-state index is 12.6. The predicted octanol–water partition coefficient (Wildman–Crippen LogP) is 3.61. The van der Waals surface area contributed by atoms with Gasteiger partial charge >= 0.3 is 0 Å². The van der Waals surface area contributed by atoms with Crippen LogP contribution in [0.5, 0.6) is 0 Å². The molecular weight excluding hydrogens is 424 g/mol. The first-order valence-corrected chi connectivity index (χ1v) is 9.26. The van der Waals surface area contributed by atoms with E-state index in [-0.39, 0.29) is 5.56 Å². The van der Waals surface area contributed by atoms with Gasteiger partial charge in [0.05, 0.1) is 16.5 Å². The van der Waals surface area contributed by atoms with Crippen LogP contribution in [0.25, 0.3) is 21.7 Å². The first-order chi connectivity index (χ1) is 13.4. The summed E-state index contributed by atoms with van der Waals surface area (Å²) in [6, 6.07) is 7.36. The van der Waals surface area contributed by atoms with Crippen LogP contribution in [0.1, 0.15) is 18.2 Å². The van der Waals surface area contributed by atoms with E-state index >= 15 is 0 Å². The van der Waals surface area contributed by atoms with E-state index in [1.807, 2.05) is 18.2 Å². The molecule has 0 radical (unpaired) electrons. The van der Waals surface area contributed by atoms with E-state index in [0.717, 1.165) is 9.86 Å². The van der Waals surface area contributed by atoms with Crippen LogP contribution >= 0.6 is 15.9 Å². The molecule has 3 aromatic heterocycles. The Labute approximate surface area is 167 Å². The summed E-state index contributed by atoms with van der Waals surface area (Å²) in [5, 5.41) is 18.5. The largest absolute Gasteiger partial charge is 0.381 e. The summed E-state index contributed by atoms with van der Waals surface area (Å²) in [5.41, 5.74) is 0.680. The lowest BCUT2D eigenvalue weighted by Gasteiger charge is -2.11. The number of aliphatic hydroxyl groups is 1. The number of benzene rings is 1. The predicted molar refractivity (Wildman–Crippen MR) is 111 cm³/mol. The van der Waals surface area contributed by atoms with Crippen LogP contribution in [0.15, 0.2) is 44.3 Å². The molecule has 0 saturated carbocycles. The van der Waals surface area contributed by atoms with Crippen molar-refractivity contribution in [3.8, 4) is 11.8 Å². The Balaban J connectivity index is 2.06. The lowest BCUT2D eigenvalue weighted by atomic mass is 10.0. The number of fused-ring (bicyclic) bond motifs is 3. The van der Waals surface area contributed by atoms with E-state index in [1.165, 1.54) is 6.20 Å². The third-order valence-corrected chi connectivity index (χ3v) is 4.58. The minimum Gasteiger partial charge on any atom is -0.381 e. The first-order valence-electron chi connectivity index (χ1n) is 8.47. The molecule has 0 unspecified atom stereocenters. The SMILES string of the molecule is Cc1cc(Nc2nc3c(C#C[C@H](C)O)c[nH]c(=O)c3c3cc(Br)ccc23)no1. The van der Waals surface area contributed by atoms with E-state index in [2.05, 4.69) is 48.2 Å². The molecule has 3 heterocycles. The maximum absolute atomic E-state index is 12.6. The zero-order valence-electron chi connectivity index (χ0n) is 15.0. The molecule has 0 saturated heterocycles. The lowest BCUT2D eigenvalue weighted by Crippen LogP contribution is -2.09. The Morgan fingerprint density at radius 2 is 2.14 bits per heavy atom. The second-order valence-corrected chi connectivity index (χ2v) is 7.21. The fourth-order valence-corrected chi connectivity index (χ4v) is 3.27. The zero-order valence-corrected chi connectivity index (χ0v) is 16.6. The normalized spacial score (nSPS) is 12.0. The summed E-state index contributed by atoms with van der Waals surface area (Å²) in [6.07, 6.45) is 0.702. The van der Waals surface area contributed by atoms with Crippen molar-refractivity contribution in [2.75, 3.05) is 5.32 Å². The van der Waals surface area contributed by atoms with Gasteiger partial charge in [0.25, 0.3) is 5.56 Å². The van der Waals surface area contributed by atoms with Crippen molar-refractivity contribution in [2.24, 2.45) is 0 Å². The van der Waals surface area contributed by atoms with Crippen LogP contribution in [-0.4, -0.2) is 26.3 Å². The Bertz CT molecular complexity index is 1330. The highest BCUT2D eigenvalue weighted by molar-refractivity contribution is 9.10. The van der Waals surface area contributed by atoms with Gasteiger partial charge in [-0.05, 0) is 32.0 Å². The average molecular weight is 439 g/mol. The zero-order chi connectivity index (χ0) is 19.8. The first kappa shape index (κ1) is 18.2. The molecule has 28 heavy (non-hydrogen) atoms. The fourth-order valence-electron chi connectivity index (χ4n) is 2.91. The molecule has 140 valence electrons. The highest BCUT2D eigenvalue weighted by Crippen LogP contribution is 2.32. The Morgan fingerprint density at radius 1 is 1.32 bits per heavy atom. The number of halogens is 1. The number of pyridine rings is 2. The number of aromatic nitrogens is 3. The number of anilines is 2. The number of nitrogens with one attached hydrogen (secondary N) is 2. The third-order valence-electron chi connectivity index (χ3n) is 4.09. The van der Waals surface area contributed by atoms with E-state index in [0.29, 0.717) is 39.2 Å². The van der Waals surface area contributed by atoms with Gasteiger partial charge in [0.2, 0.25) is 0 Å². The van der Waals surface area contributed by atoms with Gasteiger partial charge in [0.15, 0.2) is 5.82 Å². The van der Waals surface area contributed by atoms with Gasteiger partial charge in [-0.25, -0.2) is 4.98 Å². The summed E-state index contributed by atoms with van der Waals surface area (Å²) >= 11 is 3.46. The molecule has 1 atom stereocenters. The highest BCUT2D eigenvalue weighted by atomic mass is 79.9. The summed E-state index contributed by atoms with van der Waals surface area (Å²) in [4.78, 5) is 20.0. The van der Waals surface area contributed by atoms with Gasteiger partial charge in [-0.2, -0.15) is 0 Å². The Hall–Kier alpha value is -3.15. The van der Waals surface area contributed by atoms with Crippen molar-refractivity contribution < 1.29 is 9.63 Å². The van der Waals surface area contributed by atoms with Crippen LogP contribution in [0.2, 0.25) is 0 Å². The molecule has 4 rings (SSSR count). The summed E-state index contributed by atoms with van der Waals surface area (Å²) < 4.78 is 5.94. The van der Waals surface area contributed by atoms with Crippen molar-refractivity contribution in [2.45, 2.75) is 20.0 Å². The topological polar surface area (TPSA) is 104 Å². The summed E-state index contributed by atoms with van der Waals surface area (Å²) in [7, 11) is 0. The molecule has 1 aromatic carbocycles. The van der Waals surface area contributed by atoms with Gasteiger partial charge in [-0.1, -0.05) is 32.9 Å². The molecule has 0 aliphatic rings. The van der Waals surface area contributed by atoms with Gasteiger partial charge < -0.3 is 19.9 Å². The minimum atomic E-state index is -0.799. The number of hydrogen-bond acceptors (Lipinski definition) is 6. The van der Waals surface area contributed by atoms with Gasteiger partial charge in [0, 0.05) is 27.5 Å². The van der Waals surface area contributed by atoms with Gasteiger partial charge in [-0.3, -0.25) is 4.79 Å². The second-order valence-electron chi connectivity index (χ2n) is 6.30. The standard InChI is InChI=1S/C20H15BrN4O3/c1-10(26)3-4-12-9-22-20(27)17-15-8-13(21)5-6-14(15)19(24-18(12)17)23-16-7-11(2)28-25-16/h5-10,26H,1-2H3,(H,22,27)(H,23,24,25)/t10-/m0/s1. The van der Waals surface area contributed by atoms with E-state index in [1.54, 1.807) is 19.9 Å². The fraction of sp³-hybridized carbons (Fsp3) is 0.150. The van der Waals surface area contributed by atoms with Crippen molar-refractivity contribution >= 4 is 49.2 Å². The van der Waals surface area contributed by atoms with Gasteiger partial charge in [-0.15, -0.1) is 0 Å². The van der Waals surface area contributed by atoms with Crippen molar-refractivity contribution in [1.29, 1.82) is 0 Å². The molecule has 4 aromatic rings. The highest BCUT2D eigenvalue weighted by Gasteiger charge is 2.15. The van der Waals surface area contributed by atoms with Crippen LogP contribution in [0.4, 0.5) is 11.6 Å². The molecule has 0 aliphatic carbocycles. The van der Waals surface area contributed by atoms with E-state index in [4.69, 9.17) is 4.52 Å². The van der Waals surface area contributed by atoms with Crippen molar-refractivity contribution in [3.05, 3.63) is 56.6 Å². The number of nitrogens with zero attached hydrogens (tertiary/aromatic N) is 2.